The summed E-state index contributed by atoms with van der Waals surface area (Å²) in [6.07, 6.45) is 0.938. The number of hydrogen-bond acceptors (Lipinski definition) is 3. The molecule has 0 atom stereocenters. The van der Waals surface area contributed by atoms with Crippen LogP contribution in [0.4, 0.5) is 4.79 Å². The number of para-hydroxylation sites is 1. The van der Waals surface area contributed by atoms with Crippen molar-refractivity contribution in [3.05, 3.63) is 28.7 Å². The average Bonchev–Trinajstić information content (AvgIpc) is 2.41. The van der Waals surface area contributed by atoms with Crippen molar-refractivity contribution in [3.8, 4) is 5.75 Å². The third kappa shape index (κ3) is 7.35. The number of halogens is 1. The van der Waals surface area contributed by atoms with Crippen molar-refractivity contribution < 1.29 is 9.53 Å². The van der Waals surface area contributed by atoms with Crippen molar-refractivity contribution in [1.82, 2.24) is 15.5 Å². The van der Waals surface area contributed by atoms with Gasteiger partial charge in [0.05, 0.1) is 11.0 Å². The lowest BCUT2D eigenvalue weighted by atomic mass is 10.3. The number of carbonyl (C=O) groups excluding carboxylic acids is 1. The molecule has 0 saturated heterocycles. The molecule has 0 fully saturated rings. The van der Waals surface area contributed by atoms with Crippen molar-refractivity contribution in [2.75, 3.05) is 40.3 Å². The minimum absolute atomic E-state index is 0.153. The maximum atomic E-state index is 11.5. The number of nitrogens with one attached hydrogen (secondary N) is 2. The summed E-state index contributed by atoms with van der Waals surface area (Å²) >= 11 is 3.40. The standard InChI is InChI=1S/C14H22BrN3O2/c1-18(2)10-5-8-16-14(19)17-9-11-20-13-7-4-3-6-12(13)15/h3-4,6-7H,5,8-11H2,1-2H3,(H2,16,17,19). The highest BCUT2D eigenvalue weighted by atomic mass is 79.9. The molecule has 20 heavy (non-hydrogen) atoms. The Balaban J connectivity index is 2.06. The maximum absolute atomic E-state index is 11.5. The van der Waals surface area contributed by atoms with Crippen LogP contribution in [0.2, 0.25) is 0 Å². The number of urea groups is 1. The number of ether oxygens (including phenoxy) is 1. The first-order valence-corrected chi connectivity index (χ1v) is 7.42. The molecule has 112 valence electrons. The molecule has 0 aliphatic carbocycles. The molecular weight excluding hydrogens is 322 g/mol. The Morgan fingerprint density at radius 3 is 2.65 bits per heavy atom. The Hall–Kier alpha value is -1.27. The van der Waals surface area contributed by atoms with Crippen LogP contribution in [0, 0.1) is 0 Å². The lowest BCUT2D eigenvalue weighted by Crippen LogP contribution is -2.38. The van der Waals surface area contributed by atoms with E-state index in [1.54, 1.807) is 0 Å². The van der Waals surface area contributed by atoms with Crippen LogP contribution in [0.15, 0.2) is 28.7 Å². The van der Waals surface area contributed by atoms with E-state index in [1.807, 2.05) is 38.4 Å². The quantitative estimate of drug-likeness (QED) is 0.710. The first-order valence-electron chi connectivity index (χ1n) is 6.63. The predicted octanol–water partition coefficient (Wildman–Crippen LogP) is 2.08. The molecule has 5 nitrogen and oxygen atoms in total. The van der Waals surface area contributed by atoms with Crippen LogP contribution in [0.25, 0.3) is 0 Å². The summed E-state index contributed by atoms with van der Waals surface area (Å²) in [5.41, 5.74) is 0. The van der Waals surface area contributed by atoms with Gasteiger partial charge in [-0.1, -0.05) is 12.1 Å². The van der Waals surface area contributed by atoms with Gasteiger partial charge in [-0.25, -0.2) is 4.79 Å². The zero-order valence-corrected chi connectivity index (χ0v) is 13.6. The number of benzene rings is 1. The molecule has 1 rings (SSSR count). The Bertz CT molecular complexity index is 413. The molecule has 6 heteroatoms. The van der Waals surface area contributed by atoms with Crippen LogP contribution in [-0.2, 0) is 0 Å². The Morgan fingerprint density at radius 1 is 1.25 bits per heavy atom. The molecule has 0 heterocycles. The van der Waals surface area contributed by atoms with Crippen LogP contribution < -0.4 is 15.4 Å². The predicted molar refractivity (Wildman–Crippen MR) is 84.2 cm³/mol. The Kier molecular flexibility index (Phi) is 8.06. The van der Waals surface area contributed by atoms with Crippen molar-refractivity contribution in [1.29, 1.82) is 0 Å². The highest BCUT2D eigenvalue weighted by Crippen LogP contribution is 2.23. The van der Waals surface area contributed by atoms with E-state index in [1.165, 1.54) is 0 Å². The van der Waals surface area contributed by atoms with Crippen LogP contribution in [-0.4, -0.2) is 51.3 Å². The Labute approximate surface area is 128 Å². The van der Waals surface area contributed by atoms with Crippen LogP contribution in [0.1, 0.15) is 6.42 Å². The smallest absolute Gasteiger partial charge is 0.314 e. The van der Waals surface area contributed by atoms with E-state index in [9.17, 15) is 4.79 Å². The zero-order chi connectivity index (χ0) is 14.8. The minimum Gasteiger partial charge on any atom is -0.491 e. The lowest BCUT2D eigenvalue weighted by Gasteiger charge is -2.11. The zero-order valence-electron chi connectivity index (χ0n) is 12.0. The van der Waals surface area contributed by atoms with Gasteiger partial charge in [0.1, 0.15) is 12.4 Å². The fourth-order valence-corrected chi connectivity index (χ4v) is 1.95. The molecular formula is C14H22BrN3O2. The van der Waals surface area contributed by atoms with Crippen molar-refractivity contribution in [2.45, 2.75) is 6.42 Å². The second-order valence-corrected chi connectivity index (χ2v) is 5.47. The lowest BCUT2D eigenvalue weighted by molar-refractivity contribution is 0.235. The first-order chi connectivity index (χ1) is 9.59. The number of rotatable bonds is 8. The minimum atomic E-state index is -0.153. The summed E-state index contributed by atoms with van der Waals surface area (Å²) in [4.78, 5) is 13.6. The fourth-order valence-electron chi connectivity index (χ4n) is 1.55. The van der Waals surface area contributed by atoms with Gasteiger partial charge < -0.3 is 20.3 Å². The van der Waals surface area contributed by atoms with Gasteiger partial charge in [0, 0.05) is 6.54 Å². The summed E-state index contributed by atoms with van der Waals surface area (Å²) in [6.45, 7) is 2.55. The third-order valence-electron chi connectivity index (χ3n) is 2.55. The molecule has 0 aromatic heterocycles. The largest absolute Gasteiger partial charge is 0.491 e. The molecule has 0 radical (unpaired) electrons. The second kappa shape index (κ2) is 9.61. The van der Waals surface area contributed by atoms with Gasteiger partial charge in [-0.05, 0) is 55.1 Å². The number of nitrogens with zero attached hydrogens (tertiary/aromatic N) is 1. The average molecular weight is 344 g/mol. The summed E-state index contributed by atoms with van der Waals surface area (Å²) in [6, 6.07) is 7.48. The first kappa shape index (κ1) is 16.8. The van der Waals surface area contributed by atoms with Gasteiger partial charge in [0.2, 0.25) is 0 Å². The van der Waals surface area contributed by atoms with Gasteiger partial charge in [0.15, 0.2) is 0 Å². The van der Waals surface area contributed by atoms with E-state index in [2.05, 4.69) is 31.5 Å². The van der Waals surface area contributed by atoms with E-state index in [0.29, 0.717) is 19.7 Å². The highest BCUT2D eigenvalue weighted by Gasteiger charge is 2.01. The van der Waals surface area contributed by atoms with Gasteiger partial charge in [-0.2, -0.15) is 0 Å². The fraction of sp³-hybridized carbons (Fsp3) is 0.500. The van der Waals surface area contributed by atoms with Gasteiger partial charge >= 0.3 is 6.03 Å². The van der Waals surface area contributed by atoms with Gasteiger partial charge in [0.25, 0.3) is 0 Å². The van der Waals surface area contributed by atoms with Crippen molar-refractivity contribution in [3.63, 3.8) is 0 Å². The maximum Gasteiger partial charge on any atom is 0.314 e. The van der Waals surface area contributed by atoms with Crippen LogP contribution in [0.3, 0.4) is 0 Å². The van der Waals surface area contributed by atoms with E-state index in [4.69, 9.17) is 4.74 Å². The molecule has 0 aliphatic rings. The topological polar surface area (TPSA) is 53.6 Å². The van der Waals surface area contributed by atoms with E-state index in [0.717, 1.165) is 23.2 Å². The van der Waals surface area contributed by atoms with E-state index >= 15 is 0 Å². The summed E-state index contributed by atoms with van der Waals surface area (Å²) < 4.78 is 6.46. The van der Waals surface area contributed by atoms with Gasteiger partial charge in [-0.3, -0.25) is 0 Å². The third-order valence-corrected chi connectivity index (χ3v) is 3.20. The van der Waals surface area contributed by atoms with Crippen LogP contribution >= 0.6 is 15.9 Å². The van der Waals surface area contributed by atoms with Crippen molar-refractivity contribution >= 4 is 22.0 Å². The molecule has 0 aliphatic heterocycles. The molecule has 2 N–H and O–H groups in total. The monoisotopic (exact) mass is 343 g/mol. The summed E-state index contributed by atoms with van der Waals surface area (Å²) in [5, 5.41) is 5.56. The molecule has 1 aromatic carbocycles. The molecule has 0 spiro atoms. The number of carbonyl (C=O) groups is 1. The second-order valence-electron chi connectivity index (χ2n) is 4.62. The molecule has 0 saturated carbocycles. The Morgan fingerprint density at radius 2 is 1.95 bits per heavy atom. The molecule has 2 amide bonds. The molecule has 0 bridgehead atoms. The van der Waals surface area contributed by atoms with Crippen molar-refractivity contribution in [2.24, 2.45) is 0 Å². The van der Waals surface area contributed by atoms with Gasteiger partial charge in [-0.15, -0.1) is 0 Å². The summed E-state index contributed by atoms with van der Waals surface area (Å²) in [5.74, 6) is 0.778. The van der Waals surface area contributed by atoms with Crippen LogP contribution in [0.5, 0.6) is 5.75 Å². The van der Waals surface area contributed by atoms with E-state index < -0.39 is 0 Å². The molecule has 1 aromatic rings. The van der Waals surface area contributed by atoms with E-state index in [-0.39, 0.29) is 6.03 Å². The SMILES string of the molecule is CN(C)CCCNC(=O)NCCOc1ccccc1Br. The highest BCUT2D eigenvalue weighted by molar-refractivity contribution is 9.10. The number of amides is 2. The number of hydrogen-bond donors (Lipinski definition) is 2. The molecule has 0 unspecified atom stereocenters. The summed E-state index contributed by atoms with van der Waals surface area (Å²) in [7, 11) is 4.03. The normalized spacial score (nSPS) is 10.4.